The van der Waals surface area contributed by atoms with Crippen LogP contribution in [0.3, 0.4) is 0 Å². The number of phenols is 1. The van der Waals surface area contributed by atoms with Gasteiger partial charge in [0.2, 0.25) is 0 Å². The smallest absolute Gasteiger partial charge is 0.335 e. The van der Waals surface area contributed by atoms with E-state index in [0.29, 0.717) is 5.56 Å². The number of aromatic hydroxyl groups is 1. The topological polar surface area (TPSA) is 98.1 Å². The van der Waals surface area contributed by atoms with Gasteiger partial charge in [-0.1, -0.05) is 12.1 Å². The Hall–Kier alpha value is -2.60. The average molecular weight is 315 g/mol. The summed E-state index contributed by atoms with van der Waals surface area (Å²) in [4.78, 5) is 25.3. The second-order valence-electron chi connectivity index (χ2n) is 5.84. The summed E-state index contributed by atoms with van der Waals surface area (Å²) in [6.07, 6.45) is 0.0270. The van der Waals surface area contributed by atoms with Crippen LogP contribution in [0, 0.1) is 0 Å². The molecular weight excluding hydrogens is 298 g/mol. The number of rotatable bonds is 2. The Kier molecular flexibility index (Phi) is 3.69. The number of carboxylic acids is 1. The summed E-state index contributed by atoms with van der Waals surface area (Å²) in [6, 6.07) is 10.1. The lowest BCUT2D eigenvalue weighted by Gasteiger charge is -2.35. The van der Waals surface area contributed by atoms with Gasteiger partial charge in [0.15, 0.2) is 5.60 Å². The molecule has 1 fully saturated rings. The van der Waals surface area contributed by atoms with Crippen molar-refractivity contribution < 1.29 is 24.9 Å². The van der Waals surface area contributed by atoms with Crippen LogP contribution in [0.25, 0.3) is 10.8 Å². The molecule has 0 unspecified atom stereocenters. The number of carboxylic acid groups (broad SMARTS) is 1. The first-order chi connectivity index (χ1) is 10.9. The number of aliphatic carboxylic acids is 1. The molecule has 1 saturated heterocycles. The van der Waals surface area contributed by atoms with E-state index in [9.17, 15) is 19.8 Å². The Morgan fingerprint density at radius 2 is 1.78 bits per heavy atom. The molecule has 0 aliphatic carbocycles. The number of fused-ring (bicyclic) bond motifs is 1. The molecule has 1 amide bonds. The van der Waals surface area contributed by atoms with Crippen LogP contribution in [-0.2, 0) is 4.79 Å². The Bertz CT molecular complexity index is 778. The van der Waals surface area contributed by atoms with Crippen molar-refractivity contribution in [2.24, 2.45) is 0 Å². The number of aliphatic hydroxyl groups is 1. The van der Waals surface area contributed by atoms with E-state index in [1.807, 2.05) is 6.07 Å². The van der Waals surface area contributed by atoms with Crippen molar-refractivity contribution in [2.75, 3.05) is 13.1 Å². The molecule has 6 nitrogen and oxygen atoms in total. The zero-order valence-corrected chi connectivity index (χ0v) is 12.4. The molecule has 0 saturated carbocycles. The third-order valence-corrected chi connectivity index (χ3v) is 4.37. The van der Waals surface area contributed by atoms with E-state index in [4.69, 9.17) is 5.11 Å². The summed E-state index contributed by atoms with van der Waals surface area (Å²) in [7, 11) is 0. The van der Waals surface area contributed by atoms with E-state index >= 15 is 0 Å². The van der Waals surface area contributed by atoms with Gasteiger partial charge in [-0.25, -0.2) is 4.79 Å². The molecule has 1 aliphatic heterocycles. The van der Waals surface area contributed by atoms with E-state index < -0.39 is 11.6 Å². The maximum absolute atomic E-state index is 12.7. The van der Waals surface area contributed by atoms with Crippen molar-refractivity contribution in [3.63, 3.8) is 0 Å². The van der Waals surface area contributed by atoms with E-state index in [1.165, 1.54) is 6.07 Å². The van der Waals surface area contributed by atoms with Crippen LogP contribution < -0.4 is 0 Å². The summed E-state index contributed by atoms with van der Waals surface area (Å²) in [5.41, 5.74) is -1.25. The molecule has 0 bridgehead atoms. The number of hydrogen-bond donors (Lipinski definition) is 3. The minimum atomic E-state index is -1.75. The molecule has 2 aromatic carbocycles. The van der Waals surface area contributed by atoms with E-state index in [-0.39, 0.29) is 37.6 Å². The molecule has 3 N–H and O–H groups in total. The van der Waals surface area contributed by atoms with E-state index in [2.05, 4.69) is 0 Å². The number of nitrogens with zero attached hydrogens (tertiary/aromatic N) is 1. The van der Waals surface area contributed by atoms with Gasteiger partial charge in [-0.15, -0.1) is 0 Å². The number of phenolic OH excluding ortho intramolecular Hbond substituents is 1. The van der Waals surface area contributed by atoms with Crippen LogP contribution >= 0.6 is 0 Å². The van der Waals surface area contributed by atoms with Gasteiger partial charge in [-0.3, -0.25) is 4.79 Å². The Morgan fingerprint density at radius 3 is 2.43 bits per heavy atom. The zero-order valence-electron chi connectivity index (χ0n) is 12.4. The highest BCUT2D eigenvalue weighted by molar-refractivity contribution is 6.07. The monoisotopic (exact) mass is 315 g/mol. The van der Waals surface area contributed by atoms with Crippen LogP contribution in [0.1, 0.15) is 23.2 Å². The van der Waals surface area contributed by atoms with Crippen molar-refractivity contribution in [1.82, 2.24) is 4.90 Å². The number of benzene rings is 2. The number of carbonyl (C=O) groups is 2. The SMILES string of the molecule is O=C(c1cccc2cc(O)ccc12)N1CCC(O)(C(=O)O)CC1. The maximum Gasteiger partial charge on any atom is 0.335 e. The predicted molar refractivity (Wildman–Crippen MR) is 83.3 cm³/mol. The van der Waals surface area contributed by atoms with Crippen LogP contribution in [0.15, 0.2) is 36.4 Å². The molecule has 0 atom stereocenters. The number of hydrogen-bond acceptors (Lipinski definition) is 4. The highest BCUT2D eigenvalue weighted by Crippen LogP contribution is 2.27. The first-order valence-corrected chi connectivity index (χ1v) is 7.37. The minimum Gasteiger partial charge on any atom is -0.508 e. The Balaban J connectivity index is 1.86. The quantitative estimate of drug-likeness (QED) is 0.782. The van der Waals surface area contributed by atoms with Gasteiger partial charge >= 0.3 is 5.97 Å². The predicted octanol–water partition coefficient (Wildman–Crippen LogP) is 1.60. The second kappa shape index (κ2) is 5.55. The van der Waals surface area contributed by atoms with Gasteiger partial charge < -0.3 is 20.2 Å². The highest BCUT2D eigenvalue weighted by Gasteiger charge is 2.40. The van der Waals surface area contributed by atoms with Crippen molar-refractivity contribution in [3.05, 3.63) is 42.0 Å². The Labute approximate surface area is 132 Å². The first-order valence-electron chi connectivity index (χ1n) is 7.37. The largest absolute Gasteiger partial charge is 0.508 e. The Morgan fingerprint density at radius 1 is 1.09 bits per heavy atom. The van der Waals surface area contributed by atoms with Gasteiger partial charge in [-0.2, -0.15) is 0 Å². The van der Waals surface area contributed by atoms with Gasteiger partial charge in [0.25, 0.3) is 5.91 Å². The molecule has 3 rings (SSSR count). The summed E-state index contributed by atoms with van der Waals surface area (Å²) < 4.78 is 0. The molecule has 2 aromatic rings. The van der Waals surface area contributed by atoms with Crippen LogP contribution in [-0.4, -0.2) is 50.8 Å². The maximum atomic E-state index is 12.7. The van der Waals surface area contributed by atoms with Gasteiger partial charge in [0.05, 0.1) is 0 Å². The van der Waals surface area contributed by atoms with E-state index in [0.717, 1.165) is 10.8 Å². The number of piperidine rings is 1. The fourth-order valence-corrected chi connectivity index (χ4v) is 2.92. The number of amides is 1. The third kappa shape index (κ3) is 2.73. The fourth-order valence-electron chi connectivity index (χ4n) is 2.92. The minimum absolute atomic E-state index is 0.0135. The average Bonchev–Trinajstić information content (AvgIpc) is 2.54. The molecule has 0 aromatic heterocycles. The molecular formula is C17H17NO5. The molecule has 0 radical (unpaired) electrons. The van der Waals surface area contributed by atoms with Crippen LogP contribution in [0.4, 0.5) is 0 Å². The lowest BCUT2D eigenvalue weighted by molar-refractivity contribution is -0.162. The first kappa shape index (κ1) is 15.3. The second-order valence-corrected chi connectivity index (χ2v) is 5.84. The van der Waals surface area contributed by atoms with Crippen molar-refractivity contribution in [1.29, 1.82) is 0 Å². The van der Waals surface area contributed by atoms with Gasteiger partial charge in [0, 0.05) is 31.5 Å². The lowest BCUT2D eigenvalue weighted by atomic mass is 9.91. The molecule has 0 spiro atoms. The molecule has 6 heteroatoms. The van der Waals surface area contributed by atoms with Crippen molar-refractivity contribution in [2.45, 2.75) is 18.4 Å². The summed E-state index contributed by atoms with van der Waals surface area (Å²) >= 11 is 0. The molecule has 23 heavy (non-hydrogen) atoms. The highest BCUT2D eigenvalue weighted by atomic mass is 16.4. The number of likely N-dealkylation sites (tertiary alicyclic amines) is 1. The molecule has 1 aliphatic rings. The van der Waals surface area contributed by atoms with Crippen molar-refractivity contribution >= 4 is 22.6 Å². The summed E-state index contributed by atoms with van der Waals surface area (Å²) in [5.74, 6) is -1.31. The van der Waals surface area contributed by atoms with E-state index in [1.54, 1.807) is 29.2 Å². The van der Waals surface area contributed by atoms with Crippen LogP contribution in [0.5, 0.6) is 5.75 Å². The number of carbonyl (C=O) groups excluding carboxylic acids is 1. The zero-order chi connectivity index (χ0) is 16.6. The molecule has 120 valence electrons. The standard InChI is InChI=1S/C17H17NO5/c19-12-4-5-13-11(10-12)2-1-3-14(13)15(20)18-8-6-17(23,7-9-18)16(21)22/h1-5,10,19,23H,6-9H2,(H,21,22). The third-order valence-electron chi connectivity index (χ3n) is 4.37. The van der Waals surface area contributed by atoms with Gasteiger partial charge in [0.1, 0.15) is 5.75 Å². The lowest BCUT2D eigenvalue weighted by Crippen LogP contribution is -2.50. The van der Waals surface area contributed by atoms with Crippen molar-refractivity contribution in [3.8, 4) is 5.75 Å². The van der Waals surface area contributed by atoms with Gasteiger partial charge in [-0.05, 0) is 35.0 Å². The summed E-state index contributed by atoms with van der Waals surface area (Å²) in [6.45, 7) is 0.381. The normalized spacial score (nSPS) is 17.2. The molecule has 1 heterocycles. The fraction of sp³-hybridized carbons (Fsp3) is 0.294. The van der Waals surface area contributed by atoms with Crippen LogP contribution in [0.2, 0.25) is 0 Å². The summed E-state index contributed by atoms with van der Waals surface area (Å²) in [5, 5.41) is 30.0.